The first kappa shape index (κ1) is 15.0. The molecule has 0 unspecified atom stereocenters. The van der Waals surface area contributed by atoms with Crippen LogP contribution in [0, 0.1) is 0 Å². The van der Waals surface area contributed by atoms with Crippen LogP contribution in [0.25, 0.3) is 11.3 Å². The second-order valence-corrected chi connectivity index (χ2v) is 4.13. The number of halogens is 3. The molecule has 1 heterocycles. The van der Waals surface area contributed by atoms with Gasteiger partial charge in [0.25, 0.3) is 0 Å². The van der Waals surface area contributed by atoms with Crippen molar-refractivity contribution in [3.63, 3.8) is 0 Å². The Morgan fingerprint density at radius 2 is 2.05 bits per heavy atom. The van der Waals surface area contributed by atoms with E-state index in [9.17, 15) is 18.0 Å². The van der Waals surface area contributed by atoms with Crippen molar-refractivity contribution in [3.8, 4) is 11.3 Å². The number of carbonyl (C=O) groups excluding carboxylic acids is 1. The van der Waals surface area contributed by atoms with Crippen LogP contribution >= 0.6 is 0 Å². The maximum atomic E-state index is 12.7. The van der Waals surface area contributed by atoms with Gasteiger partial charge in [0, 0.05) is 5.56 Å². The van der Waals surface area contributed by atoms with Crippen molar-refractivity contribution < 1.29 is 22.7 Å². The van der Waals surface area contributed by atoms with Gasteiger partial charge in [0.1, 0.15) is 0 Å². The summed E-state index contributed by atoms with van der Waals surface area (Å²) < 4.78 is 42.9. The third kappa shape index (κ3) is 3.56. The third-order valence-corrected chi connectivity index (χ3v) is 2.65. The minimum Gasteiger partial charge on any atom is -0.462 e. The number of esters is 1. The second-order valence-electron chi connectivity index (χ2n) is 4.13. The van der Waals surface area contributed by atoms with Gasteiger partial charge in [0.2, 0.25) is 0 Å². The largest absolute Gasteiger partial charge is 0.462 e. The molecule has 0 bridgehead atoms. The van der Waals surface area contributed by atoms with Crippen LogP contribution in [0.15, 0.2) is 36.5 Å². The third-order valence-electron chi connectivity index (χ3n) is 2.65. The van der Waals surface area contributed by atoms with E-state index in [-0.39, 0.29) is 23.4 Å². The molecular weight excluding hydrogens is 285 g/mol. The molecule has 2 rings (SSSR count). The molecule has 0 aliphatic rings. The molecule has 0 aliphatic heterocycles. The van der Waals surface area contributed by atoms with Gasteiger partial charge in [0.15, 0.2) is 0 Å². The summed E-state index contributed by atoms with van der Waals surface area (Å²) in [6.07, 6.45) is -3.24. The first-order valence-electron chi connectivity index (χ1n) is 6.09. The molecule has 21 heavy (non-hydrogen) atoms. The Bertz CT molecular complexity index is 657. The number of aromatic nitrogens is 2. The van der Waals surface area contributed by atoms with Crippen LogP contribution in [0.4, 0.5) is 13.2 Å². The minimum absolute atomic E-state index is 0.138. The minimum atomic E-state index is -4.44. The number of nitrogens with zero attached hydrogens (tertiary/aromatic N) is 2. The number of carbonyl (C=O) groups is 1. The van der Waals surface area contributed by atoms with E-state index in [2.05, 4.69) is 10.2 Å². The second kappa shape index (κ2) is 5.90. The van der Waals surface area contributed by atoms with E-state index in [1.807, 2.05) is 0 Å². The monoisotopic (exact) mass is 296 g/mol. The van der Waals surface area contributed by atoms with Gasteiger partial charge in [0.05, 0.1) is 29.6 Å². The highest BCUT2D eigenvalue weighted by molar-refractivity contribution is 5.90. The smallest absolute Gasteiger partial charge is 0.416 e. The maximum absolute atomic E-state index is 12.7. The lowest BCUT2D eigenvalue weighted by molar-refractivity contribution is -0.137. The van der Waals surface area contributed by atoms with Crippen molar-refractivity contribution >= 4 is 5.97 Å². The van der Waals surface area contributed by atoms with Crippen molar-refractivity contribution in [3.05, 3.63) is 47.7 Å². The summed E-state index contributed by atoms with van der Waals surface area (Å²) in [6, 6.07) is 6.01. The molecule has 0 saturated heterocycles. The highest BCUT2D eigenvalue weighted by Crippen LogP contribution is 2.31. The molecule has 0 radical (unpaired) electrons. The van der Waals surface area contributed by atoms with E-state index in [4.69, 9.17) is 4.74 Å². The number of hydrogen-bond acceptors (Lipinski definition) is 4. The van der Waals surface area contributed by atoms with Crippen molar-refractivity contribution in [1.82, 2.24) is 10.2 Å². The van der Waals surface area contributed by atoms with E-state index in [0.717, 1.165) is 12.1 Å². The van der Waals surface area contributed by atoms with Crippen LogP contribution < -0.4 is 0 Å². The van der Waals surface area contributed by atoms with Gasteiger partial charge in [-0.1, -0.05) is 12.1 Å². The molecule has 110 valence electrons. The quantitative estimate of drug-likeness (QED) is 0.815. The van der Waals surface area contributed by atoms with Crippen LogP contribution in [0.5, 0.6) is 0 Å². The summed E-state index contributed by atoms with van der Waals surface area (Å²) in [5, 5.41) is 7.37. The van der Waals surface area contributed by atoms with Crippen molar-refractivity contribution in [2.24, 2.45) is 0 Å². The average Bonchev–Trinajstić information content (AvgIpc) is 2.47. The lowest BCUT2D eigenvalue weighted by Gasteiger charge is -2.08. The number of benzene rings is 1. The first-order valence-corrected chi connectivity index (χ1v) is 6.09. The molecule has 2 aromatic rings. The molecule has 0 fully saturated rings. The molecule has 0 N–H and O–H groups in total. The Labute approximate surface area is 118 Å². The van der Waals surface area contributed by atoms with Crippen molar-refractivity contribution in [2.45, 2.75) is 13.1 Å². The van der Waals surface area contributed by atoms with Crippen LogP contribution in [0.2, 0.25) is 0 Å². The Morgan fingerprint density at radius 1 is 1.29 bits per heavy atom. The molecule has 0 amide bonds. The molecule has 0 spiro atoms. The number of hydrogen-bond donors (Lipinski definition) is 0. The summed E-state index contributed by atoms with van der Waals surface area (Å²) in [7, 11) is 0. The van der Waals surface area contributed by atoms with Gasteiger partial charge >= 0.3 is 12.1 Å². The molecule has 0 atom stereocenters. The molecule has 4 nitrogen and oxygen atoms in total. The van der Waals surface area contributed by atoms with E-state index in [1.54, 1.807) is 6.92 Å². The Morgan fingerprint density at radius 3 is 2.71 bits per heavy atom. The lowest BCUT2D eigenvalue weighted by Crippen LogP contribution is -2.07. The summed E-state index contributed by atoms with van der Waals surface area (Å²) in [6.45, 7) is 1.85. The standard InChI is InChI=1S/C14H11F3N2O2/c1-2-21-13(20)10-7-12(19-18-8-10)9-4-3-5-11(6-9)14(15,16)17/h3-8H,2H2,1H3. The number of ether oxygens (including phenoxy) is 1. The first-order chi connectivity index (χ1) is 9.91. The fourth-order valence-electron chi connectivity index (χ4n) is 1.69. The topological polar surface area (TPSA) is 52.1 Å². The summed E-state index contributed by atoms with van der Waals surface area (Å²) in [4.78, 5) is 11.6. The fourth-order valence-corrected chi connectivity index (χ4v) is 1.69. The predicted molar refractivity (Wildman–Crippen MR) is 68.4 cm³/mol. The zero-order chi connectivity index (χ0) is 15.5. The van der Waals surface area contributed by atoms with Gasteiger partial charge in [-0.15, -0.1) is 0 Å². The Balaban J connectivity index is 2.39. The lowest BCUT2D eigenvalue weighted by atomic mass is 10.1. The number of alkyl halides is 3. The predicted octanol–water partition coefficient (Wildman–Crippen LogP) is 3.34. The highest BCUT2D eigenvalue weighted by Gasteiger charge is 2.30. The molecule has 1 aromatic heterocycles. The normalized spacial score (nSPS) is 11.2. The highest BCUT2D eigenvalue weighted by atomic mass is 19.4. The molecular formula is C14H11F3N2O2. The van der Waals surface area contributed by atoms with Crippen molar-refractivity contribution in [1.29, 1.82) is 0 Å². The fraction of sp³-hybridized carbons (Fsp3) is 0.214. The van der Waals surface area contributed by atoms with Crippen molar-refractivity contribution in [2.75, 3.05) is 6.61 Å². The van der Waals surface area contributed by atoms with Gasteiger partial charge in [-0.3, -0.25) is 0 Å². The molecule has 1 aromatic carbocycles. The van der Waals surface area contributed by atoms with Crippen LogP contribution in [-0.2, 0) is 10.9 Å². The molecule has 0 aliphatic carbocycles. The van der Waals surface area contributed by atoms with Gasteiger partial charge in [-0.05, 0) is 25.1 Å². The van der Waals surface area contributed by atoms with E-state index in [0.29, 0.717) is 0 Å². The summed E-state index contributed by atoms with van der Waals surface area (Å²) in [5.74, 6) is -0.597. The number of rotatable bonds is 3. The summed E-state index contributed by atoms with van der Waals surface area (Å²) >= 11 is 0. The van der Waals surface area contributed by atoms with E-state index < -0.39 is 17.7 Å². The van der Waals surface area contributed by atoms with E-state index in [1.165, 1.54) is 24.4 Å². The van der Waals surface area contributed by atoms with Crippen LogP contribution in [0.3, 0.4) is 0 Å². The van der Waals surface area contributed by atoms with E-state index >= 15 is 0 Å². The molecule has 7 heteroatoms. The summed E-state index contributed by atoms with van der Waals surface area (Å²) in [5.41, 5.74) is -0.252. The zero-order valence-electron chi connectivity index (χ0n) is 11.0. The zero-order valence-corrected chi connectivity index (χ0v) is 11.0. The SMILES string of the molecule is CCOC(=O)c1cnnc(-c2cccc(C(F)(F)F)c2)c1. The van der Waals surface area contributed by atoms with Gasteiger partial charge in [-0.25, -0.2) is 4.79 Å². The Kier molecular flexibility index (Phi) is 4.21. The Hall–Kier alpha value is -2.44. The van der Waals surface area contributed by atoms with Crippen LogP contribution in [-0.4, -0.2) is 22.8 Å². The molecule has 0 saturated carbocycles. The van der Waals surface area contributed by atoms with Gasteiger partial charge < -0.3 is 4.74 Å². The van der Waals surface area contributed by atoms with Crippen LogP contribution in [0.1, 0.15) is 22.8 Å². The average molecular weight is 296 g/mol. The van der Waals surface area contributed by atoms with Gasteiger partial charge in [-0.2, -0.15) is 23.4 Å². The maximum Gasteiger partial charge on any atom is 0.416 e.